The van der Waals surface area contributed by atoms with Crippen molar-refractivity contribution in [1.29, 1.82) is 0 Å². The van der Waals surface area contributed by atoms with Gasteiger partial charge in [-0.15, -0.1) is 0 Å². The molecule has 4 aromatic rings. The summed E-state index contributed by atoms with van der Waals surface area (Å²) in [4.78, 5) is 0. The van der Waals surface area contributed by atoms with E-state index < -0.39 is 0 Å². The van der Waals surface area contributed by atoms with Gasteiger partial charge in [-0.25, -0.2) is 0 Å². The zero-order chi connectivity index (χ0) is 25.6. The molecule has 0 bridgehead atoms. The highest BCUT2D eigenvalue weighted by molar-refractivity contribution is 5.78. The number of benzene rings is 4. The predicted molar refractivity (Wildman–Crippen MR) is 156 cm³/mol. The summed E-state index contributed by atoms with van der Waals surface area (Å²) in [6.07, 6.45) is 2.21. The summed E-state index contributed by atoms with van der Waals surface area (Å²) in [7, 11) is 0. The maximum atomic E-state index is 2.40. The van der Waals surface area contributed by atoms with Gasteiger partial charge in [0.15, 0.2) is 0 Å². The van der Waals surface area contributed by atoms with Crippen LogP contribution < -0.4 is 0 Å². The van der Waals surface area contributed by atoms with E-state index in [0.29, 0.717) is 17.8 Å². The molecule has 184 valence electrons. The predicted octanol–water partition coefficient (Wildman–Crippen LogP) is 10.2. The van der Waals surface area contributed by atoms with Gasteiger partial charge in [-0.05, 0) is 98.7 Å². The Labute approximate surface area is 218 Å². The molecule has 0 heterocycles. The minimum Gasteiger partial charge on any atom is -0.0587 e. The maximum absolute atomic E-state index is 2.40. The van der Waals surface area contributed by atoms with Gasteiger partial charge in [0.05, 0.1) is 0 Å². The van der Waals surface area contributed by atoms with Crippen LogP contribution >= 0.6 is 0 Å². The summed E-state index contributed by atoms with van der Waals surface area (Å²) in [5.74, 6) is 1.84. The van der Waals surface area contributed by atoms with Crippen LogP contribution in [0.2, 0.25) is 0 Å². The summed E-state index contributed by atoms with van der Waals surface area (Å²) >= 11 is 0. The lowest BCUT2D eigenvalue weighted by Gasteiger charge is -2.09. The Hall–Kier alpha value is -3.12. The zero-order valence-electron chi connectivity index (χ0n) is 23.1. The Kier molecular flexibility index (Phi) is 6.64. The minimum atomic E-state index is 0.611. The standard InChI is InChI=1S/C19H22.C17H18/c1-12(2)14-5-7-18-16(9-14)11-17-10-15(13(3)4)6-8-19(17)18;1-11(2)13-5-7-17-15(9-13)10-14-8-12(3)4-6-16(14)17/h5-10,12-13H,11H2,1-4H3;4-9,11H,10H2,1-3H3. The first-order chi connectivity index (χ1) is 17.2. The van der Waals surface area contributed by atoms with Gasteiger partial charge in [0.1, 0.15) is 0 Å². The lowest BCUT2D eigenvalue weighted by molar-refractivity contribution is 0.862. The normalized spacial score (nSPS) is 12.8. The Morgan fingerprint density at radius 3 is 1.06 bits per heavy atom. The van der Waals surface area contributed by atoms with Gasteiger partial charge >= 0.3 is 0 Å². The molecule has 0 radical (unpaired) electrons. The molecule has 0 N–H and O–H groups in total. The van der Waals surface area contributed by atoms with Crippen molar-refractivity contribution in [3.63, 3.8) is 0 Å². The van der Waals surface area contributed by atoms with Gasteiger partial charge in [-0.2, -0.15) is 0 Å². The molecule has 0 nitrogen and oxygen atoms in total. The van der Waals surface area contributed by atoms with Crippen LogP contribution in [0.5, 0.6) is 0 Å². The number of rotatable bonds is 3. The number of aryl methyl sites for hydroxylation is 1. The first-order valence-electron chi connectivity index (χ1n) is 13.7. The van der Waals surface area contributed by atoms with Gasteiger partial charge in [0.25, 0.3) is 0 Å². The van der Waals surface area contributed by atoms with Crippen molar-refractivity contribution >= 4 is 0 Å². The van der Waals surface area contributed by atoms with Crippen molar-refractivity contribution in [2.24, 2.45) is 0 Å². The third kappa shape index (κ3) is 4.66. The van der Waals surface area contributed by atoms with Crippen molar-refractivity contribution in [3.8, 4) is 22.3 Å². The van der Waals surface area contributed by atoms with Crippen LogP contribution in [0.15, 0.2) is 72.8 Å². The molecule has 0 spiro atoms. The summed E-state index contributed by atoms with van der Waals surface area (Å²) in [5, 5.41) is 0. The molecule has 0 amide bonds. The smallest absolute Gasteiger partial charge is 0.00132 e. The number of fused-ring (bicyclic) bond motifs is 6. The van der Waals surface area contributed by atoms with E-state index in [4.69, 9.17) is 0 Å². The van der Waals surface area contributed by atoms with Crippen LogP contribution in [0.4, 0.5) is 0 Å². The van der Waals surface area contributed by atoms with Crippen LogP contribution in [0.1, 0.15) is 104 Å². The highest BCUT2D eigenvalue weighted by Gasteiger charge is 2.20. The summed E-state index contributed by atoms with van der Waals surface area (Å²) in [6.45, 7) is 15.7. The van der Waals surface area contributed by atoms with Crippen LogP contribution in [0.3, 0.4) is 0 Å². The number of hydrogen-bond acceptors (Lipinski definition) is 0. The third-order valence-corrected chi connectivity index (χ3v) is 7.99. The lowest BCUT2D eigenvalue weighted by Crippen LogP contribution is -1.90. The summed E-state index contributed by atoms with van der Waals surface area (Å²) < 4.78 is 0. The van der Waals surface area contributed by atoms with E-state index in [0.717, 1.165) is 12.8 Å². The molecule has 0 saturated carbocycles. The molecular formula is C36H40. The van der Waals surface area contributed by atoms with Gasteiger partial charge in [0.2, 0.25) is 0 Å². The molecule has 2 aliphatic carbocycles. The van der Waals surface area contributed by atoms with Crippen molar-refractivity contribution in [2.45, 2.75) is 79.1 Å². The van der Waals surface area contributed by atoms with Gasteiger partial charge in [-0.3, -0.25) is 0 Å². The quantitative estimate of drug-likeness (QED) is 0.240. The van der Waals surface area contributed by atoms with Crippen molar-refractivity contribution in [1.82, 2.24) is 0 Å². The van der Waals surface area contributed by atoms with Gasteiger partial charge < -0.3 is 0 Å². The van der Waals surface area contributed by atoms with E-state index in [1.807, 2.05) is 0 Å². The molecule has 0 fully saturated rings. The Morgan fingerprint density at radius 2 is 0.722 bits per heavy atom. The van der Waals surface area contributed by atoms with Crippen LogP contribution in [0, 0.1) is 6.92 Å². The molecule has 0 heteroatoms. The second-order valence-corrected chi connectivity index (χ2v) is 11.7. The molecule has 0 unspecified atom stereocenters. The fourth-order valence-corrected chi connectivity index (χ4v) is 5.69. The van der Waals surface area contributed by atoms with E-state index >= 15 is 0 Å². The summed E-state index contributed by atoms with van der Waals surface area (Å²) in [5.41, 5.74) is 17.5. The van der Waals surface area contributed by atoms with Gasteiger partial charge in [-0.1, -0.05) is 120 Å². The molecular weight excluding hydrogens is 432 g/mol. The Bertz CT molecular complexity index is 1360. The molecule has 0 aliphatic heterocycles. The van der Waals surface area contributed by atoms with Crippen molar-refractivity contribution in [2.75, 3.05) is 0 Å². The average molecular weight is 473 g/mol. The van der Waals surface area contributed by atoms with Crippen LogP contribution in [-0.4, -0.2) is 0 Å². The second-order valence-electron chi connectivity index (χ2n) is 11.7. The first kappa shape index (κ1) is 24.6. The largest absolute Gasteiger partial charge is 0.0587 e. The van der Waals surface area contributed by atoms with E-state index in [-0.39, 0.29) is 0 Å². The Morgan fingerprint density at radius 1 is 0.417 bits per heavy atom. The van der Waals surface area contributed by atoms with E-state index in [1.54, 1.807) is 0 Å². The average Bonchev–Trinajstić information content (AvgIpc) is 3.39. The van der Waals surface area contributed by atoms with Gasteiger partial charge in [0, 0.05) is 0 Å². The van der Waals surface area contributed by atoms with E-state index in [2.05, 4.69) is 121 Å². The zero-order valence-corrected chi connectivity index (χ0v) is 23.1. The SMILES string of the molecule is CC(C)c1ccc2c(c1)Cc1cc(C(C)C)ccc1-2.Cc1ccc2c(c1)Cc1cc(C(C)C)ccc1-2. The van der Waals surface area contributed by atoms with Crippen molar-refractivity contribution < 1.29 is 0 Å². The first-order valence-corrected chi connectivity index (χ1v) is 13.7. The number of hydrogen-bond donors (Lipinski definition) is 0. The van der Waals surface area contributed by atoms with Crippen LogP contribution in [-0.2, 0) is 12.8 Å². The molecule has 0 atom stereocenters. The molecule has 2 aliphatic rings. The second kappa shape index (κ2) is 9.74. The maximum Gasteiger partial charge on any atom is -0.00132 e. The lowest BCUT2D eigenvalue weighted by atomic mass is 9.96. The van der Waals surface area contributed by atoms with Crippen molar-refractivity contribution in [3.05, 3.63) is 117 Å². The topological polar surface area (TPSA) is 0 Å². The molecule has 6 rings (SSSR count). The molecule has 0 saturated heterocycles. The Balaban J connectivity index is 0.000000149. The molecule has 0 aromatic heterocycles. The van der Waals surface area contributed by atoms with E-state index in [9.17, 15) is 0 Å². The minimum absolute atomic E-state index is 0.611. The highest BCUT2D eigenvalue weighted by atomic mass is 14.2. The fourth-order valence-electron chi connectivity index (χ4n) is 5.69. The van der Waals surface area contributed by atoms with E-state index in [1.165, 1.54) is 66.8 Å². The fraction of sp³-hybridized carbons (Fsp3) is 0.333. The highest BCUT2D eigenvalue weighted by Crippen LogP contribution is 2.40. The summed E-state index contributed by atoms with van der Waals surface area (Å²) in [6, 6.07) is 27.8. The monoisotopic (exact) mass is 472 g/mol. The third-order valence-electron chi connectivity index (χ3n) is 7.99. The molecule has 4 aromatic carbocycles. The van der Waals surface area contributed by atoms with Crippen LogP contribution in [0.25, 0.3) is 22.3 Å². The molecule has 36 heavy (non-hydrogen) atoms.